The smallest absolute Gasteiger partial charge is 0.294 e. The molecule has 1 N–H and O–H groups in total. The van der Waals surface area contributed by atoms with Gasteiger partial charge in [0.15, 0.2) is 5.71 Å². The zero-order valence-electron chi connectivity index (χ0n) is 20.7. The monoisotopic (exact) mass is 538 g/mol. The highest BCUT2D eigenvalue weighted by Gasteiger charge is 2.19. The molecule has 10 heteroatoms. The molecule has 0 aliphatic heterocycles. The number of anilines is 1. The summed E-state index contributed by atoms with van der Waals surface area (Å²) in [4.78, 5) is 1.04. The van der Waals surface area contributed by atoms with E-state index in [4.69, 9.17) is 0 Å². The highest BCUT2D eigenvalue weighted by Crippen LogP contribution is 2.37. The van der Waals surface area contributed by atoms with E-state index in [2.05, 4.69) is 0 Å². The summed E-state index contributed by atoms with van der Waals surface area (Å²) in [6.45, 7) is 0. The van der Waals surface area contributed by atoms with E-state index in [1.54, 1.807) is 0 Å². The zero-order chi connectivity index (χ0) is 27.1. The molecule has 0 radical (unpaired) electrons. The summed E-state index contributed by atoms with van der Waals surface area (Å²) in [5, 5.41) is 0.706. The Morgan fingerprint density at radius 2 is 1.43 bits per heavy atom. The predicted octanol–water partition coefficient (Wildman–Crippen LogP) is 3.70. The molecule has 8 nitrogen and oxygen atoms in total. The summed E-state index contributed by atoms with van der Waals surface area (Å²) in [5.74, 6) is 0. The van der Waals surface area contributed by atoms with Crippen molar-refractivity contribution >= 4 is 48.0 Å². The molecule has 0 fully saturated rings. The highest BCUT2D eigenvalue weighted by molar-refractivity contribution is 7.86. The topological polar surface area (TPSA) is 118 Å². The Kier molecular flexibility index (Phi) is 6.95. The first kappa shape index (κ1) is 26.5. The Morgan fingerprint density at radius 3 is 1.95 bits per heavy atom. The van der Waals surface area contributed by atoms with Gasteiger partial charge in [0.1, 0.15) is 24.2 Å². The molecule has 0 unspecified atom stereocenters. The second-order valence-electron chi connectivity index (χ2n) is 9.04. The molecule has 4 rings (SSSR count). The molecule has 0 bridgehead atoms. The number of benzene rings is 3. The number of fused-ring (bicyclic) bond motifs is 1. The predicted molar refractivity (Wildman–Crippen MR) is 144 cm³/mol. The number of hydrogen-bond donors (Lipinski definition) is 1. The van der Waals surface area contributed by atoms with Gasteiger partial charge in [-0.3, -0.25) is 4.55 Å². The second kappa shape index (κ2) is 9.71. The van der Waals surface area contributed by atoms with Crippen LogP contribution in [0.5, 0.6) is 0 Å². The Bertz CT molecular complexity index is 1720. The largest absolute Gasteiger partial charge is 0.744 e. The summed E-state index contributed by atoms with van der Waals surface area (Å²) in [7, 11) is -1.76. The minimum atomic E-state index is -4.89. The minimum Gasteiger partial charge on any atom is -0.744 e. The number of nitrogens with zero attached hydrogens (tertiary/aromatic N) is 2. The SMILES string of the molecule is CN(C)c1ccc(C(=C2C=CC(=[N+](C)C)C=C2)c2cc(S(=O)(=O)[O-])cc3cc(S(=O)(=O)O)ccc23)cc1. The van der Waals surface area contributed by atoms with Crippen LogP contribution in [0.4, 0.5) is 5.69 Å². The quantitative estimate of drug-likeness (QED) is 0.389. The van der Waals surface area contributed by atoms with Crippen molar-refractivity contribution in [1.82, 2.24) is 0 Å². The van der Waals surface area contributed by atoms with Crippen molar-refractivity contribution in [2.24, 2.45) is 0 Å². The lowest BCUT2D eigenvalue weighted by atomic mass is 9.88. The molecule has 0 heterocycles. The van der Waals surface area contributed by atoms with Crippen molar-refractivity contribution < 1.29 is 30.5 Å². The molecule has 3 aromatic rings. The molecule has 0 amide bonds. The molecule has 1 aliphatic carbocycles. The van der Waals surface area contributed by atoms with Crippen LogP contribution in [-0.4, -0.2) is 64.4 Å². The van der Waals surface area contributed by atoms with E-state index in [0.717, 1.165) is 34.7 Å². The average Bonchev–Trinajstić information content (AvgIpc) is 2.83. The lowest BCUT2D eigenvalue weighted by Gasteiger charge is -2.20. The van der Waals surface area contributed by atoms with Crippen LogP contribution in [0.3, 0.4) is 0 Å². The maximum Gasteiger partial charge on any atom is 0.294 e. The molecule has 192 valence electrons. The van der Waals surface area contributed by atoms with Crippen LogP contribution in [0.15, 0.2) is 94.3 Å². The van der Waals surface area contributed by atoms with Crippen LogP contribution < -0.4 is 4.90 Å². The Balaban J connectivity index is 2.11. The van der Waals surface area contributed by atoms with Gasteiger partial charge in [-0.15, -0.1) is 0 Å². The highest BCUT2D eigenvalue weighted by atomic mass is 32.2. The van der Waals surface area contributed by atoms with E-state index in [1.807, 2.05) is 86.2 Å². The van der Waals surface area contributed by atoms with E-state index < -0.39 is 30.0 Å². The van der Waals surface area contributed by atoms with E-state index in [9.17, 15) is 25.9 Å². The van der Waals surface area contributed by atoms with Crippen LogP contribution >= 0.6 is 0 Å². The summed E-state index contributed by atoms with van der Waals surface area (Å²) < 4.78 is 71.3. The standard InChI is InChI=1S/C27H26N2O6S2/c1-28(2)21-9-5-18(6-10-21)27(19-7-11-22(12-8-19)29(3)4)26-17-24(37(33,34)35)16-20-15-23(36(30,31)32)13-14-25(20)26/h5-17H,1-4H3,(H-,30,31,32,33,34,35). The van der Waals surface area contributed by atoms with Gasteiger partial charge in [-0.25, -0.2) is 13.0 Å². The van der Waals surface area contributed by atoms with Crippen LogP contribution in [0.25, 0.3) is 16.3 Å². The van der Waals surface area contributed by atoms with E-state index in [1.165, 1.54) is 18.2 Å². The van der Waals surface area contributed by atoms with E-state index in [-0.39, 0.29) is 5.39 Å². The summed E-state index contributed by atoms with van der Waals surface area (Å²) in [6, 6.07) is 14.0. The third kappa shape index (κ3) is 5.57. The van der Waals surface area contributed by atoms with Crippen molar-refractivity contribution in [3.05, 3.63) is 95.6 Å². The molecule has 1 aliphatic rings. The molecule has 0 aromatic heterocycles. The van der Waals surface area contributed by atoms with E-state index >= 15 is 0 Å². The minimum absolute atomic E-state index is 0.189. The zero-order valence-corrected chi connectivity index (χ0v) is 22.3. The van der Waals surface area contributed by atoms with Crippen molar-refractivity contribution in [2.75, 3.05) is 33.1 Å². The fourth-order valence-electron chi connectivity index (χ4n) is 4.16. The molecule has 0 saturated heterocycles. The third-order valence-electron chi connectivity index (χ3n) is 6.10. The Morgan fingerprint density at radius 1 is 0.838 bits per heavy atom. The van der Waals surface area contributed by atoms with Crippen LogP contribution in [0.1, 0.15) is 11.1 Å². The van der Waals surface area contributed by atoms with Crippen LogP contribution in [-0.2, 0) is 20.2 Å². The van der Waals surface area contributed by atoms with Crippen molar-refractivity contribution in [2.45, 2.75) is 9.79 Å². The van der Waals surface area contributed by atoms with Gasteiger partial charge in [0.25, 0.3) is 10.1 Å². The van der Waals surface area contributed by atoms with Gasteiger partial charge in [0.05, 0.1) is 9.79 Å². The first-order valence-corrected chi connectivity index (χ1v) is 14.0. The number of rotatable bonds is 5. The molecular weight excluding hydrogens is 512 g/mol. The molecule has 3 aromatic carbocycles. The molecule has 37 heavy (non-hydrogen) atoms. The Labute approximate surface area is 216 Å². The van der Waals surface area contributed by atoms with Crippen LogP contribution in [0.2, 0.25) is 0 Å². The summed E-state index contributed by atoms with van der Waals surface area (Å²) in [5.41, 5.74) is 4.55. The second-order valence-corrected chi connectivity index (χ2v) is 11.8. The van der Waals surface area contributed by atoms with Gasteiger partial charge in [-0.1, -0.05) is 18.2 Å². The lowest BCUT2D eigenvalue weighted by molar-refractivity contribution is -0.462. The summed E-state index contributed by atoms with van der Waals surface area (Å²) >= 11 is 0. The van der Waals surface area contributed by atoms with E-state index in [0.29, 0.717) is 16.5 Å². The van der Waals surface area contributed by atoms with Gasteiger partial charge in [0, 0.05) is 31.9 Å². The Hall–Kier alpha value is -3.57. The first-order chi connectivity index (χ1) is 17.3. The van der Waals surface area contributed by atoms with Crippen LogP contribution in [0, 0.1) is 0 Å². The first-order valence-electron chi connectivity index (χ1n) is 11.2. The van der Waals surface area contributed by atoms with Gasteiger partial charge >= 0.3 is 0 Å². The lowest BCUT2D eigenvalue weighted by Crippen LogP contribution is -2.10. The maximum absolute atomic E-state index is 12.1. The normalized spacial score (nSPS) is 13.8. The average molecular weight is 539 g/mol. The van der Waals surface area contributed by atoms with Gasteiger partial charge in [-0.05, 0) is 81.6 Å². The number of hydrogen-bond acceptors (Lipinski definition) is 6. The van der Waals surface area contributed by atoms with Gasteiger partial charge < -0.3 is 9.45 Å². The third-order valence-corrected chi connectivity index (χ3v) is 7.76. The van der Waals surface area contributed by atoms with Crippen molar-refractivity contribution in [3.8, 4) is 0 Å². The molecule has 0 spiro atoms. The number of allylic oxidation sites excluding steroid dienone is 5. The fourth-order valence-corrected chi connectivity index (χ4v) is 5.21. The maximum atomic E-state index is 12.1. The van der Waals surface area contributed by atoms with Crippen molar-refractivity contribution in [3.63, 3.8) is 0 Å². The molecular formula is C27H26N2O6S2. The van der Waals surface area contributed by atoms with Gasteiger partial charge in [-0.2, -0.15) is 8.42 Å². The van der Waals surface area contributed by atoms with Gasteiger partial charge in [0.2, 0.25) is 0 Å². The fraction of sp³-hybridized carbons (Fsp3) is 0.148. The molecule has 0 atom stereocenters. The summed E-state index contributed by atoms with van der Waals surface area (Å²) in [6.07, 6.45) is 7.66. The molecule has 0 saturated carbocycles. The van der Waals surface area contributed by atoms with Crippen molar-refractivity contribution in [1.29, 1.82) is 0 Å².